The summed E-state index contributed by atoms with van der Waals surface area (Å²) in [5.41, 5.74) is 3.78. The molecule has 0 unspecified atom stereocenters. The summed E-state index contributed by atoms with van der Waals surface area (Å²) in [5.74, 6) is 2.49. The van der Waals surface area contributed by atoms with Crippen LogP contribution >= 0.6 is 0 Å². The molecular formula is C20H26N4O2. The first-order chi connectivity index (χ1) is 12.7. The zero-order valence-corrected chi connectivity index (χ0v) is 15.7. The largest absolute Gasteiger partial charge is 0.493 e. The molecule has 1 N–H and O–H groups in total. The highest BCUT2D eigenvalue weighted by atomic mass is 16.5. The number of rotatable bonds is 5. The molecule has 0 bridgehead atoms. The van der Waals surface area contributed by atoms with E-state index in [1.165, 1.54) is 16.7 Å². The molecule has 0 spiro atoms. The standard InChI is InChI=1S/C20H26N4O2/c1-21-20(23-9-6-15-5-4-8-22-13-15)24-10-7-16-11-18(25-2)19(26-3)12-17(16)14-24/h4-5,8,11-13H,6-7,9-10,14H2,1-3H3,(H,21,23). The second kappa shape index (κ2) is 8.56. The molecule has 0 atom stereocenters. The van der Waals surface area contributed by atoms with Gasteiger partial charge >= 0.3 is 0 Å². The number of methoxy groups -OCH3 is 2. The molecule has 138 valence electrons. The number of aromatic nitrogens is 1. The molecule has 0 radical (unpaired) electrons. The predicted octanol–water partition coefficient (Wildman–Crippen LogP) is 2.28. The van der Waals surface area contributed by atoms with Crippen molar-refractivity contribution in [1.29, 1.82) is 0 Å². The van der Waals surface area contributed by atoms with Crippen molar-refractivity contribution in [2.45, 2.75) is 19.4 Å². The number of aliphatic imine (C=N–C) groups is 1. The van der Waals surface area contributed by atoms with Crippen molar-refractivity contribution >= 4 is 5.96 Å². The molecule has 1 aliphatic heterocycles. The van der Waals surface area contributed by atoms with Crippen LogP contribution in [-0.2, 0) is 19.4 Å². The van der Waals surface area contributed by atoms with Crippen LogP contribution in [0.1, 0.15) is 16.7 Å². The molecule has 0 aliphatic carbocycles. The molecule has 26 heavy (non-hydrogen) atoms. The normalized spacial score (nSPS) is 14.0. The SMILES string of the molecule is CN=C(NCCc1cccnc1)N1CCc2cc(OC)c(OC)cc2C1. The van der Waals surface area contributed by atoms with Gasteiger partial charge in [-0.25, -0.2) is 0 Å². The highest BCUT2D eigenvalue weighted by Crippen LogP contribution is 2.33. The van der Waals surface area contributed by atoms with E-state index in [-0.39, 0.29) is 0 Å². The lowest BCUT2D eigenvalue weighted by atomic mass is 9.99. The Kier molecular flexibility index (Phi) is 5.94. The topological polar surface area (TPSA) is 59.0 Å². The molecule has 6 nitrogen and oxygen atoms in total. The Labute approximate surface area is 154 Å². The Bertz CT molecular complexity index is 762. The van der Waals surface area contributed by atoms with Crippen molar-refractivity contribution in [3.63, 3.8) is 0 Å². The summed E-state index contributed by atoms with van der Waals surface area (Å²) >= 11 is 0. The summed E-state index contributed by atoms with van der Waals surface area (Å²) in [6.45, 7) is 2.56. The van der Waals surface area contributed by atoms with E-state index in [4.69, 9.17) is 9.47 Å². The molecule has 3 rings (SSSR count). The summed E-state index contributed by atoms with van der Waals surface area (Å²) in [6.07, 6.45) is 5.58. The molecule has 2 heterocycles. The van der Waals surface area contributed by atoms with Crippen LogP contribution in [0.15, 0.2) is 41.7 Å². The lowest BCUT2D eigenvalue weighted by molar-refractivity contribution is 0.346. The van der Waals surface area contributed by atoms with Gasteiger partial charge in [-0.3, -0.25) is 9.98 Å². The minimum Gasteiger partial charge on any atom is -0.493 e. The number of guanidine groups is 1. The van der Waals surface area contributed by atoms with E-state index < -0.39 is 0 Å². The van der Waals surface area contributed by atoms with Crippen LogP contribution < -0.4 is 14.8 Å². The summed E-state index contributed by atoms with van der Waals surface area (Å²) in [7, 11) is 5.17. The first-order valence-corrected chi connectivity index (χ1v) is 8.83. The maximum absolute atomic E-state index is 5.44. The van der Waals surface area contributed by atoms with Gasteiger partial charge < -0.3 is 19.7 Å². The number of fused-ring (bicyclic) bond motifs is 1. The number of nitrogens with one attached hydrogen (secondary N) is 1. The van der Waals surface area contributed by atoms with Gasteiger partial charge in [-0.2, -0.15) is 0 Å². The quantitative estimate of drug-likeness (QED) is 0.659. The van der Waals surface area contributed by atoms with E-state index in [0.29, 0.717) is 0 Å². The Morgan fingerprint density at radius 1 is 1.23 bits per heavy atom. The smallest absolute Gasteiger partial charge is 0.193 e. The van der Waals surface area contributed by atoms with E-state index in [1.807, 2.05) is 19.3 Å². The van der Waals surface area contributed by atoms with Crippen LogP contribution in [-0.4, -0.2) is 50.2 Å². The number of ether oxygens (including phenoxy) is 2. The monoisotopic (exact) mass is 354 g/mol. The third-order valence-corrected chi connectivity index (χ3v) is 4.65. The van der Waals surface area contributed by atoms with Crippen LogP contribution in [0.2, 0.25) is 0 Å². The summed E-state index contributed by atoms with van der Waals surface area (Å²) in [5, 5.41) is 3.46. The molecule has 0 amide bonds. The van der Waals surface area contributed by atoms with Gasteiger partial charge in [0.15, 0.2) is 17.5 Å². The molecule has 0 fully saturated rings. The maximum atomic E-state index is 5.44. The zero-order valence-electron chi connectivity index (χ0n) is 15.7. The first-order valence-electron chi connectivity index (χ1n) is 8.83. The summed E-state index contributed by atoms with van der Waals surface area (Å²) in [4.78, 5) is 10.9. The third-order valence-electron chi connectivity index (χ3n) is 4.65. The van der Waals surface area contributed by atoms with Crippen molar-refractivity contribution in [2.24, 2.45) is 4.99 Å². The lowest BCUT2D eigenvalue weighted by Gasteiger charge is -2.32. The van der Waals surface area contributed by atoms with E-state index in [2.05, 4.69) is 38.4 Å². The second-order valence-corrected chi connectivity index (χ2v) is 6.23. The van der Waals surface area contributed by atoms with Crippen LogP contribution in [0.4, 0.5) is 0 Å². The zero-order chi connectivity index (χ0) is 18.4. The second-order valence-electron chi connectivity index (χ2n) is 6.23. The van der Waals surface area contributed by atoms with Gasteiger partial charge in [0.05, 0.1) is 14.2 Å². The summed E-state index contributed by atoms with van der Waals surface area (Å²) < 4.78 is 10.9. The fraction of sp³-hybridized carbons (Fsp3) is 0.400. The van der Waals surface area contributed by atoms with Gasteiger partial charge in [0.25, 0.3) is 0 Å². The van der Waals surface area contributed by atoms with Gasteiger partial charge in [-0.1, -0.05) is 6.07 Å². The van der Waals surface area contributed by atoms with E-state index in [1.54, 1.807) is 20.4 Å². The molecule has 1 aromatic carbocycles. The van der Waals surface area contributed by atoms with Crippen LogP contribution in [0.3, 0.4) is 0 Å². The highest BCUT2D eigenvalue weighted by Gasteiger charge is 2.21. The van der Waals surface area contributed by atoms with Gasteiger partial charge in [0, 0.05) is 39.1 Å². The van der Waals surface area contributed by atoms with Crippen molar-refractivity contribution in [2.75, 3.05) is 34.4 Å². The Balaban J connectivity index is 1.64. The fourth-order valence-electron chi connectivity index (χ4n) is 3.26. The van der Waals surface area contributed by atoms with Crippen molar-refractivity contribution < 1.29 is 9.47 Å². The predicted molar refractivity (Wildman–Crippen MR) is 103 cm³/mol. The molecular weight excluding hydrogens is 328 g/mol. The number of hydrogen-bond acceptors (Lipinski definition) is 4. The Morgan fingerprint density at radius 3 is 2.65 bits per heavy atom. The van der Waals surface area contributed by atoms with Gasteiger partial charge in [0.1, 0.15) is 0 Å². The molecule has 2 aromatic rings. The number of pyridine rings is 1. The van der Waals surface area contributed by atoms with Crippen LogP contribution in [0.5, 0.6) is 11.5 Å². The maximum Gasteiger partial charge on any atom is 0.193 e. The van der Waals surface area contributed by atoms with E-state index >= 15 is 0 Å². The van der Waals surface area contributed by atoms with Gasteiger partial charge in [0.2, 0.25) is 0 Å². The molecule has 0 saturated carbocycles. The van der Waals surface area contributed by atoms with Gasteiger partial charge in [-0.05, 0) is 47.7 Å². The Hall–Kier alpha value is -2.76. The van der Waals surface area contributed by atoms with Crippen molar-refractivity contribution in [1.82, 2.24) is 15.2 Å². The minimum atomic E-state index is 0.771. The fourth-order valence-corrected chi connectivity index (χ4v) is 3.26. The average Bonchev–Trinajstić information content (AvgIpc) is 2.70. The van der Waals surface area contributed by atoms with Crippen LogP contribution in [0, 0.1) is 0 Å². The number of hydrogen-bond donors (Lipinski definition) is 1. The average molecular weight is 354 g/mol. The van der Waals surface area contributed by atoms with Crippen LogP contribution in [0.25, 0.3) is 0 Å². The molecule has 1 aromatic heterocycles. The van der Waals surface area contributed by atoms with Crippen molar-refractivity contribution in [3.8, 4) is 11.5 Å². The number of nitrogens with zero attached hydrogens (tertiary/aromatic N) is 3. The minimum absolute atomic E-state index is 0.771. The van der Waals surface area contributed by atoms with Gasteiger partial charge in [-0.15, -0.1) is 0 Å². The molecule has 0 saturated heterocycles. The molecule has 1 aliphatic rings. The highest BCUT2D eigenvalue weighted by molar-refractivity contribution is 5.80. The van der Waals surface area contributed by atoms with E-state index in [0.717, 1.165) is 49.9 Å². The van der Waals surface area contributed by atoms with Crippen molar-refractivity contribution in [3.05, 3.63) is 53.3 Å². The number of benzene rings is 1. The first kappa shape index (κ1) is 18.0. The Morgan fingerprint density at radius 2 is 2.00 bits per heavy atom. The molecule has 6 heteroatoms. The lowest BCUT2D eigenvalue weighted by Crippen LogP contribution is -2.44. The summed E-state index contributed by atoms with van der Waals surface area (Å²) in [6, 6.07) is 8.22. The van der Waals surface area contributed by atoms with E-state index in [9.17, 15) is 0 Å². The third kappa shape index (κ3) is 4.07.